The van der Waals surface area contributed by atoms with E-state index < -0.39 is 0 Å². The minimum Gasteiger partial charge on any atom is -0.347 e. The Balaban J connectivity index is 1.92. The molecule has 0 radical (unpaired) electrons. The Bertz CT molecular complexity index is 309. The highest BCUT2D eigenvalue weighted by molar-refractivity contribution is 7.99. The SMILES string of the molecule is CCSC1CCC(N2CCC(=O)NCC2=O)C1. The lowest BCUT2D eigenvalue weighted by atomic mass is 10.2. The normalized spacial score (nSPS) is 30.3. The third-order valence-electron chi connectivity index (χ3n) is 3.54. The van der Waals surface area contributed by atoms with Gasteiger partial charge in [0.25, 0.3) is 0 Å². The van der Waals surface area contributed by atoms with Crippen molar-refractivity contribution in [3.63, 3.8) is 0 Å². The van der Waals surface area contributed by atoms with E-state index in [2.05, 4.69) is 12.2 Å². The molecular formula is C12H20N2O2S. The molecule has 1 aliphatic carbocycles. The van der Waals surface area contributed by atoms with E-state index in [0.29, 0.717) is 24.3 Å². The van der Waals surface area contributed by atoms with Crippen LogP contribution in [0.5, 0.6) is 0 Å². The van der Waals surface area contributed by atoms with Crippen LogP contribution in [0, 0.1) is 0 Å². The van der Waals surface area contributed by atoms with Gasteiger partial charge in [0.2, 0.25) is 11.8 Å². The van der Waals surface area contributed by atoms with Gasteiger partial charge in [-0.05, 0) is 25.0 Å². The lowest BCUT2D eigenvalue weighted by Gasteiger charge is -2.27. The first-order chi connectivity index (χ1) is 8.20. The second-order valence-electron chi connectivity index (χ2n) is 4.66. The molecule has 1 saturated heterocycles. The van der Waals surface area contributed by atoms with Gasteiger partial charge >= 0.3 is 0 Å². The fourth-order valence-electron chi connectivity index (χ4n) is 2.68. The fraction of sp³-hybridized carbons (Fsp3) is 0.833. The molecule has 1 aliphatic heterocycles. The number of nitrogens with zero attached hydrogens (tertiary/aromatic N) is 1. The highest BCUT2D eigenvalue weighted by atomic mass is 32.2. The van der Waals surface area contributed by atoms with Crippen molar-refractivity contribution in [2.45, 2.75) is 43.9 Å². The van der Waals surface area contributed by atoms with Crippen LogP contribution >= 0.6 is 11.8 Å². The van der Waals surface area contributed by atoms with Gasteiger partial charge in [0.15, 0.2) is 0 Å². The Labute approximate surface area is 106 Å². The Morgan fingerprint density at radius 1 is 1.41 bits per heavy atom. The molecular weight excluding hydrogens is 236 g/mol. The van der Waals surface area contributed by atoms with E-state index in [4.69, 9.17) is 0 Å². The molecule has 96 valence electrons. The topological polar surface area (TPSA) is 49.4 Å². The van der Waals surface area contributed by atoms with Gasteiger partial charge in [0.1, 0.15) is 0 Å². The van der Waals surface area contributed by atoms with Crippen LogP contribution in [-0.2, 0) is 9.59 Å². The Hall–Kier alpha value is -0.710. The first-order valence-corrected chi connectivity index (χ1v) is 7.43. The van der Waals surface area contributed by atoms with Crippen molar-refractivity contribution >= 4 is 23.6 Å². The molecule has 4 nitrogen and oxygen atoms in total. The number of nitrogens with one attached hydrogen (secondary N) is 1. The molecule has 1 heterocycles. The number of rotatable bonds is 3. The fourth-order valence-corrected chi connectivity index (χ4v) is 3.82. The third-order valence-corrected chi connectivity index (χ3v) is 4.77. The molecule has 0 spiro atoms. The van der Waals surface area contributed by atoms with Gasteiger partial charge in [0, 0.05) is 24.3 Å². The summed E-state index contributed by atoms with van der Waals surface area (Å²) >= 11 is 1.99. The number of carbonyl (C=O) groups is 2. The Morgan fingerprint density at radius 2 is 2.24 bits per heavy atom. The highest BCUT2D eigenvalue weighted by Crippen LogP contribution is 2.32. The quantitative estimate of drug-likeness (QED) is 0.820. The number of thioether (sulfide) groups is 1. The minimum atomic E-state index is -0.00155. The maximum absolute atomic E-state index is 11.9. The average Bonchev–Trinajstić information content (AvgIpc) is 2.69. The van der Waals surface area contributed by atoms with E-state index in [0.717, 1.165) is 18.6 Å². The summed E-state index contributed by atoms with van der Waals surface area (Å²) < 4.78 is 0. The molecule has 2 rings (SSSR count). The maximum Gasteiger partial charge on any atom is 0.242 e. The van der Waals surface area contributed by atoms with Crippen molar-refractivity contribution in [2.75, 3.05) is 18.8 Å². The highest BCUT2D eigenvalue weighted by Gasteiger charge is 2.33. The van der Waals surface area contributed by atoms with Crippen LogP contribution in [0.1, 0.15) is 32.6 Å². The van der Waals surface area contributed by atoms with Crippen LogP contribution in [0.15, 0.2) is 0 Å². The number of hydrogen-bond donors (Lipinski definition) is 1. The number of hydrogen-bond acceptors (Lipinski definition) is 3. The lowest BCUT2D eigenvalue weighted by Crippen LogP contribution is -2.41. The maximum atomic E-state index is 11.9. The Kier molecular flexibility index (Phi) is 4.31. The molecule has 5 heteroatoms. The molecule has 2 amide bonds. The van der Waals surface area contributed by atoms with Crippen molar-refractivity contribution < 1.29 is 9.59 Å². The molecule has 17 heavy (non-hydrogen) atoms. The molecule has 0 aromatic heterocycles. The summed E-state index contributed by atoms with van der Waals surface area (Å²) in [5.74, 6) is 1.23. The number of amides is 2. The largest absolute Gasteiger partial charge is 0.347 e. The zero-order chi connectivity index (χ0) is 12.3. The smallest absolute Gasteiger partial charge is 0.242 e. The van der Waals surface area contributed by atoms with Gasteiger partial charge in [-0.3, -0.25) is 9.59 Å². The summed E-state index contributed by atoms with van der Waals surface area (Å²) in [5, 5.41) is 3.35. The van der Waals surface area contributed by atoms with Crippen LogP contribution in [0.4, 0.5) is 0 Å². The van der Waals surface area contributed by atoms with Crippen LogP contribution in [-0.4, -0.2) is 46.8 Å². The van der Waals surface area contributed by atoms with Crippen LogP contribution < -0.4 is 5.32 Å². The predicted octanol–water partition coefficient (Wildman–Crippen LogP) is 1.01. The summed E-state index contributed by atoms with van der Waals surface area (Å²) in [4.78, 5) is 25.1. The minimum absolute atomic E-state index is 0.00155. The summed E-state index contributed by atoms with van der Waals surface area (Å²) in [6.07, 6.45) is 3.85. The van der Waals surface area contributed by atoms with Gasteiger partial charge in [-0.25, -0.2) is 0 Å². The van der Waals surface area contributed by atoms with Gasteiger partial charge in [0.05, 0.1) is 6.54 Å². The van der Waals surface area contributed by atoms with E-state index in [1.165, 1.54) is 6.42 Å². The summed E-state index contributed by atoms with van der Waals surface area (Å²) in [6.45, 7) is 2.96. The molecule has 2 fully saturated rings. The summed E-state index contributed by atoms with van der Waals surface area (Å²) in [5.41, 5.74) is 0. The second-order valence-corrected chi connectivity index (χ2v) is 6.24. The Morgan fingerprint density at radius 3 is 3.00 bits per heavy atom. The van der Waals surface area contributed by atoms with E-state index >= 15 is 0 Å². The van der Waals surface area contributed by atoms with Crippen LogP contribution in [0.25, 0.3) is 0 Å². The van der Waals surface area contributed by atoms with Crippen LogP contribution in [0.2, 0.25) is 0 Å². The zero-order valence-electron chi connectivity index (χ0n) is 10.3. The average molecular weight is 256 g/mol. The summed E-state index contributed by atoms with van der Waals surface area (Å²) in [7, 11) is 0. The molecule has 1 saturated carbocycles. The van der Waals surface area contributed by atoms with Gasteiger partial charge in [-0.15, -0.1) is 0 Å². The van der Waals surface area contributed by atoms with E-state index in [9.17, 15) is 9.59 Å². The molecule has 2 aliphatic rings. The zero-order valence-corrected chi connectivity index (χ0v) is 11.1. The lowest BCUT2D eigenvalue weighted by molar-refractivity contribution is -0.132. The van der Waals surface area contributed by atoms with Gasteiger partial charge in [-0.2, -0.15) is 11.8 Å². The molecule has 0 aromatic carbocycles. The summed E-state index contributed by atoms with van der Waals surface area (Å²) in [6, 6.07) is 0.360. The molecule has 0 bridgehead atoms. The van der Waals surface area contributed by atoms with Crippen molar-refractivity contribution in [1.29, 1.82) is 0 Å². The van der Waals surface area contributed by atoms with Crippen molar-refractivity contribution in [3.8, 4) is 0 Å². The third kappa shape index (κ3) is 3.15. The van der Waals surface area contributed by atoms with E-state index in [-0.39, 0.29) is 18.4 Å². The van der Waals surface area contributed by atoms with Gasteiger partial charge in [-0.1, -0.05) is 6.92 Å². The van der Waals surface area contributed by atoms with Crippen LogP contribution in [0.3, 0.4) is 0 Å². The molecule has 0 aromatic rings. The monoisotopic (exact) mass is 256 g/mol. The molecule has 1 N–H and O–H groups in total. The van der Waals surface area contributed by atoms with E-state index in [1.54, 1.807) is 0 Å². The number of carbonyl (C=O) groups excluding carboxylic acids is 2. The van der Waals surface area contributed by atoms with Gasteiger partial charge < -0.3 is 10.2 Å². The first-order valence-electron chi connectivity index (χ1n) is 6.38. The standard InChI is InChI=1S/C12H20N2O2S/c1-2-17-10-4-3-9(7-10)14-6-5-11(15)13-8-12(14)16/h9-10H,2-8H2,1H3,(H,13,15). The van der Waals surface area contributed by atoms with Crippen molar-refractivity contribution in [2.24, 2.45) is 0 Å². The first kappa shape index (κ1) is 12.7. The molecule has 2 atom stereocenters. The molecule has 2 unspecified atom stereocenters. The second kappa shape index (κ2) is 5.76. The van der Waals surface area contributed by atoms with E-state index in [1.807, 2.05) is 16.7 Å². The predicted molar refractivity (Wildman–Crippen MR) is 68.9 cm³/mol. The van der Waals surface area contributed by atoms with Crippen molar-refractivity contribution in [3.05, 3.63) is 0 Å². The van der Waals surface area contributed by atoms with Crippen molar-refractivity contribution in [1.82, 2.24) is 10.2 Å².